The highest BCUT2D eigenvalue weighted by atomic mass is 32.2. The molecule has 0 spiro atoms. The van der Waals surface area contributed by atoms with Gasteiger partial charge in [-0.2, -0.15) is 0 Å². The van der Waals surface area contributed by atoms with Gasteiger partial charge in [0, 0.05) is 17.7 Å². The summed E-state index contributed by atoms with van der Waals surface area (Å²) >= 11 is 1.73. The average molecular weight is 350 g/mol. The van der Waals surface area contributed by atoms with E-state index in [9.17, 15) is 0 Å². The normalized spacial score (nSPS) is 21.2. The molecule has 2 aliphatic heterocycles. The Labute approximate surface area is 153 Å². The van der Waals surface area contributed by atoms with E-state index in [-0.39, 0.29) is 11.6 Å². The third kappa shape index (κ3) is 3.07. The Kier molecular flexibility index (Phi) is 4.08. The minimum atomic E-state index is -0.0926. The highest BCUT2D eigenvalue weighted by Crippen LogP contribution is 2.43. The van der Waals surface area contributed by atoms with Crippen molar-refractivity contribution in [3.8, 4) is 0 Å². The fourth-order valence-electron chi connectivity index (χ4n) is 3.60. The zero-order valence-corrected chi connectivity index (χ0v) is 15.7. The second kappa shape index (κ2) is 6.26. The summed E-state index contributed by atoms with van der Waals surface area (Å²) < 4.78 is 0. The molecular formula is C21H23N3S. The molecule has 0 bridgehead atoms. The maximum absolute atomic E-state index is 5.04. The quantitative estimate of drug-likeness (QED) is 0.717. The monoisotopic (exact) mass is 349 g/mol. The molecule has 0 amide bonds. The summed E-state index contributed by atoms with van der Waals surface area (Å²) in [4.78, 5) is 5.04. The van der Waals surface area contributed by atoms with Crippen molar-refractivity contribution in [2.24, 2.45) is 4.99 Å². The Bertz CT molecular complexity index is 852. The molecule has 1 atom stereocenters. The molecule has 2 N–H and O–H groups in total. The molecule has 25 heavy (non-hydrogen) atoms. The van der Waals surface area contributed by atoms with Gasteiger partial charge in [0.05, 0.1) is 28.0 Å². The fraction of sp³-hybridized carbons (Fsp3) is 0.286. The van der Waals surface area contributed by atoms with Crippen molar-refractivity contribution in [3.05, 3.63) is 71.4 Å². The summed E-state index contributed by atoms with van der Waals surface area (Å²) in [5.41, 5.74) is 5.97. The van der Waals surface area contributed by atoms with Crippen molar-refractivity contribution in [2.45, 2.75) is 31.8 Å². The van der Waals surface area contributed by atoms with Gasteiger partial charge in [0.2, 0.25) is 0 Å². The second-order valence-corrected chi connectivity index (χ2v) is 7.96. The Morgan fingerprint density at radius 3 is 2.40 bits per heavy atom. The first-order valence-corrected chi connectivity index (χ1v) is 9.85. The zero-order valence-electron chi connectivity index (χ0n) is 14.8. The number of benzene rings is 2. The van der Waals surface area contributed by atoms with E-state index < -0.39 is 0 Å². The van der Waals surface area contributed by atoms with E-state index in [0.717, 1.165) is 22.8 Å². The summed E-state index contributed by atoms with van der Waals surface area (Å²) in [6, 6.07) is 19.2. The van der Waals surface area contributed by atoms with Crippen LogP contribution in [-0.4, -0.2) is 16.8 Å². The number of fused-ring (bicyclic) bond motifs is 1. The minimum absolute atomic E-state index is 0.0923. The third-order valence-corrected chi connectivity index (χ3v) is 5.39. The molecule has 0 aromatic heterocycles. The molecule has 2 aromatic carbocycles. The molecule has 2 aliphatic rings. The van der Waals surface area contributed by atoms with Gasteiger partial charge in [-0.05, 0) is 37.8 Å². The van der Waals surface area contributed by atoms with E-state index in [4.69, 9.17) is 4.99 Å². The van der Waals surface area contributed by atoms with Crippen molar-refractivity contribution in [1.29, 1.82) is 0 Å². The standard InChI is InChI=1S/C21H23N3S/c1-21(2)13-17-18(20(24-21)25-3)19(14-9-5-4-6-10-14)23-16-12-8-7-11-15(16)22-17/h4-12,19,22-23H,13H2,1-3H3. The number of aliphatic imine (C=N–C) groups is 1. The van der Waals surface area contributed by atoms with Crippen molar-refractivity contribution in [1.82, 2.24) is 0 Å². The molecule has 0 radical (unpaired) electrons. The molecule has 2 aromatic rings. The molecule has 0 saturated heterocycles. The van der Waals surface area contributed by atoms with Gasteiger partial charge >= 0.3 is 0 Å². The van der Waals surface area contributed by atoms with E-state index in [2.05, 4.69) is 85.3 Å². The first kappa shape index (κ1) is 16.3. The Morgan fingerprint density at radius 1 is 1.00 bits per heavy atom. The number of hydrogen-bond donors (Lipinski definition) is 2. The first-order valence-electron chi connectivity index (χ1n) is 8.62. The van der Waals surface area contributed by atoms with Crippen LogP contribution in [0.4, 0.5) is 11.4 Å². The van der Waals surface area contributed by atoms with Gasteiger partial charge in [-0.25, -0.2) is 0 Å². The maximum Gasteiger partial charge on any atom is 0.0982 e. The van der Waals surface area contributed by atoms with Crippen molar-refractivity contribution >= 4 is 28.2 Å². The predicted molar refractivity (Wildman–Crippen MR) is 110 cm³/mol. The molecule has 4 rings (SSSR count). The fourth-order valence-corrected chi connectivity index (χ4v) is 4.40. The van der Waals surface area contributed by atoms with E-state index in [1.54, 1.807) is 11.8 Å². The Morgan fingerprint density at radius 2 is 1.68 bits per heavy atom. The van der Waals surface area contributed by atoms with E-state index in [1.807, 2.05) is 0 Å². The number of nitrogens with one attached hydrogen (secondary N) is 2. The SMILES string of the molecule is CSC1=NC(C)(C)CC2=C1C(c1ccccc1)Nc1ccccc1N2. The lowest BCUT2D eigenvalue weighted by atomic mass is 9.89. The highest BCUT2D eigenvalue weighted by Gasteiger charge is 2.35. The van der Waals surface area contributed by atoms with Crippen LogP contribution in [0.25, 0.3) is 0 Å². The lowest BCUT2D eigenvalue weighted by Crippen LogP contribution is -2.30. The van der Waals surface area contributed by atoms with Crippen LogP contribution in [0.15, 0.2) is 70.9 Å². The van der Waals surface area contributed by atoms with E-state index in [1.165, 1.54) is 16.8 Å². The molecule has 128 valence electrons. The molecule has 0 aliphatic carbocycles. The molecule has 0 saturated carbocycles. The van der Waals surface area contributed by atoms with Crippen molar-refractivity contribution in [2.75, 3.05) is 16.9 Å². The van der Waals surface area contributed by atoms with Crippen LogP contribution in [0, 0.1) is 0 Å². The van der Waals surface area contributed by atoms with Crippen LogP contribution in [0.3, 0.4) is 0 Å². The average Bonchev–Trinajstić information content (AvgIpc) is 2.77. The van der Waals surface area contributed by atoms with Crippen LogP contribution in [-0.2, 0) is 0 Å². The zero-order chi connectivity index (χ0) is 17.4. The smallest absolute Gasteiger partial charge is 0.0982 e. The molecule has 0 fully saturated rings. The van der Waals surface area contributed by atoms with Crippen LogP contribution in [0.5, 0.6) is 0 Å². The van der Waals surface area contributed by atoms with Crippen LogP contribution >= 0.6 is 11.8 Å². The highest BCUT2D eigenvalue weighted by molar-refractivity contribution is 8.13. The Balaban J connectivity index is 1.91. The third-order valence-electron chi connectivity index (χ3n) is 4.70. The first-order chi connectivity index (χ1) is 12.1. The number of rotatable bonds is 1. The molecule has 4 heteroatoms. The van der Waals surface area contributed by atoms with E-state index >= 15 is 0 Å². The van der Waals surface area contributed by atoms with Crippen LogP contribution < -0.4 is 10.6 Å². The van der Waals surface area contributed by atoms with Gasteiger partial charge in [0.1, 0.15) is 0 Å². The lowest BCUT2D eigenvalue weighted by molar-refractivity contribution is 0.511. The number of thioether (sulfide) groups is 1. The van der Waals surface area contributed by atoms with Gasteiger partial charge in [0.15, 0.2) is 0 Å². The topological polar surface area (TPSA) is 36.4 Å². The summed E-state index contributed by atoms with van der Waals surface area (Å²) in [5, 5.41) is 8.57. The van der Waals surface area contributed by atoms with Crippen LogP contribution in [0.2, 0.25) is 0 Å². The molecule has 1 unspecified atom stereocenters. The van der Waals surface area contributed by atoms with Crippen LogP contribution in [0.1, 0.15) is 31.9 Å². The molecule has 2 heterocycles. The van der Waals surface area contributed by atoms with Crippen molar-refractivity contribution in [3.63, 3.8) is 0 Å². The number of para-hydroxylation sites is 2. The summed E-state index contributed by atoms with van der Waals surface area (Å²) in [6.45, 7) is 4.41. The number of hydrogen-bond acceptors (Lipinski definition) is 4. The van der Waals surface area contributed by atoms with Gasteiger partial charge in [-0.1, -0.05) is 42.5 Å². The largest absolute Gasteiger partial charge is 0.372 e. The lowest BCUT2D eigenvalue weighted by Gasteiger charge is -2.33. The van der Waals surface area contributed by atoms with Gasteiger partial charge < -0.3 is 10.6 Å². The molecular weight excluding hydrogens is 326 g/mol. The predicted octanol–water partition coefficient (Wildman–Crippen LogP) is 5.46. The summed E-state index contributed by atoms with van der Waals surface area (Å²) in [7, 11) is 0. The Hall–Kier alpha value is -2.20. The summed E-state index contributed by atoms with van der Waals surface area (Å²) in [6.07, 6.45) is 3.02. The van der Waals surface area contributed by atoms with Gasteiger partial charge in [-0.15, -0.1) is 11.8 Å². The minimum Gasteiger partial charge on any atom is -0.372 e. The van der Waals surface area contributed by atoms with Crippen molar-refractivity contribution < 1.29 is 0 Å². The summed E-state index contributed by atoms with van der Waals surface area (Å²) in [5.74, 6) is 0. The number of anilines is 2. The maximum atomic E-state index is 5.04. The van der Waals surface area contributed by atoms with Gasteiger partial charge in [0.25, 0.3) is 0 Å². The second-order valence-electron chi connectivity index (χ2n) is 7.16. The number of dihydropyridines is 1. The number of nitrogens with zero attached hydrogens (tertiary/aromatic N) is 1. The van der Waals surface area contributed by atoms with E-state index in [0.29, 0.717) is 0 Å². The van der Waals surface area contributed by atoms with Gasteiger partial charge in [-0.3, -0.25) is 4.99 Å². The molecule has 3 nitrogen and oxygen atoms in total.